The molecule has 1 saturated heterocycles. The van der Waals surface area contributed by atoms with Gasteiger partial charge in [-0.25, -0.2) is 9.97 Å². The van der Waals surface area contributed by atoms with E-state index in [4.69, 9.17) is 5.73 Å². The zero-order valence-electron chi connectivity index (χ0n) is 11.5. The van der Waals surface area contributed by atoms with Crippen molar-refractivity contribution in [1.29, 1.82) is 0 Å². The third-order valence-electron chi connectivity index (χ3n) is 3.71. The minimum absolute atomic E-state index is 0.433. The van der Waals surface area contributed by atoms with Crippen LogP contribution in [0.3, 0.4) is 0 Å². The van der Waals surface area contributed by atoms with E-state index in [9.17, 15) is 0 Å². The summed E-state index contributed by atoms with van der Waals surface area (Å²) in [6.07, 6.45) is 6.67. The fraction of sp³-hybridized carbons (Fsp3) is 0.714. The molecule has 1 aliphatic heterocycles. The van der Waals surface area contributed by atoms with Crippen LogP contribution in [-0.4, -0.2) is 29.1 Å². The van der Waals surface area contributed by atoms with Gasteiger partial charge in [-0.2, -0.15) is 0 Å². The molecular formula is C14H24N4. The average Bonchev–Trinajstić information content (AvgIpc) is 2.63. The molecule has 1 fully saturated rings. The summed E-state index contributed by atoms with van der Waals surface area (Å²) in [5, 5.41) is 0. The third-order valence-corrected chi connectivity index (χ3v) is 3.71. The number of anilines is 1. The summed E-state index contributed by atoms with van der Waals surface area (Å²) in [6, 6.07) is 2.56. The molecule has 18 heavy (non-hydrogen) atoms. The molecule has 1 unspecified atom stereocenters. The van der Waals surface area contributed by atoms with E-state index in [1.54, 1.807) is 6.33 Å². The van der Waals surface area contributed by atoms with Crippen molar-refractivity contribution in [3.8, 4) is 0 Å². The maximum absolute atomic E-state index is 5.91. The van der Waals surface area contributed by atoms with Crippen LogP contribution in [0.15, 0.2) is 12.4 Å². The van der Waals surface area contributed by atoms with Gasteiger partial charge in [0.05, 0.1) is 0 Å². The zero-order chi connectivity index (χ0) is 13.0. The molecule has 1 aliphatic rings. The van der Waals surface area contributed by atoms with Crippen molar-refractivity contribution in [2.75, 3.05) is 18.0 Å². The molecule has 4 nitrogen and oxygen atoms in total. The molecule has 0 amide bonds. The Bertz CT molecular complexity index is 378. The Kier molecular flexibility index (Phi) is 4.53. The highest BCUT2D eigenvalue weighted by Gasteiger charge is 2.21. The molecule has 2 rings (SSSR count). The average molecular weight is 248 g/mol. The van der Waals surface area contributed by atoms with Crippen LogP contribution >= 0.6 is 0 Å². The summed E-state index contributed by atoms with van der Waals surface area (Å²) < 4.78 is 0. The van der Waals surface area contributed by atoms with E-state index < -0.39 is 0 Å². The molecule has 1 atom stereocenters. The first-order valence-electron chi connectivity index (χ1n) is 7.01. The summed E-state index contributed by atoms with van der Waals surface area (Å²) in [4.78, 5) is 11.2. The number of aromatic nitrogens is 2. The van der Waals surface area contributed by atoms with Crippen molar-refractivity contribution in [2.24, 2.45) is 5.73 Å². The van der Waals surface area contributed by atoms with Gasteiger partial charge in [0.1, 0.15) is 12.1 Å². The summed E-state index contributed by atoms with van der Waals surface area (Å²) in [5.41, 5.74) is 7.02. The van der Waals surface area contributed by atoms with Crippen molar-refractivity contribution in [2.45, 2.75) is 51.5 Å². The summed E-state index contributed by atoms with van der Waals surface area (Å²) >= 11 is 0. The highest BCUT2D eigenvalue weighted by molar-refractivity contribution is 5.41. The van der Waals surface area contributed by atoms with E-state index in [1.165, 1.54) is 25.7 Å². The maximum Gasteiger partial charge on any atom is 0.132 e. The number of nitrogens with zero attached hydrogens (tertiary/aromatic N) is 3. The normalized spacial score (nSPS) is 21.1. The first-order valence-corrected chi connectivity index (χ1v) is 7.01. The zero-order valence-corrected chi connectivity index (χ0v) is 11.5. The minimum atomic E-state index is 0.433. The molecule has 0 radical (unpaired) electrons. The molecule has 0 aromatic carbocycles. The highest BCUT2D eigenvalue weighted by Crippen LogP contribution is 2.23. The number of hydrogen-bond acceptors (Lipinski definition) is 4. The Morgan fingerprint density at radius 2 is 2.17 bits per heavy atom. The van der Waals surface area contributed by atoms with Crippen LogP contribution in [0.4, 0.5) is 5.82 Å². The second-order valence-corrected chi connectivity index (χ2v) is 5.39. The molecular weight excluding hydrogens is 224 g/mol. The molecule has 0 saturated carbocycles. The smallest absolute Gasteiger partial charge is 0.132 e. The Labute approximate surface area is 110 Å². The van der Waals surface area contributed by atoms with Crippen molar-refractivity contribution in [3.05, 3.63) is 18.1 Å². The lowest BCUT2D eigenvalue weighted by molar-refractivity contribution is 0.574. The van der Waals surface area contributed by atoms with Gasteiger partial charge in [-0.1, -0.05) is 26.7 Å². The Hall–Kier alpha value is -1.16. The van der Waals surface area contributed by atoms with E-state index in [-0.39, 0.29) is 0 Å². The van der Waals surface area contributed by atoms with Crippen molar-refractivity contribution >= 4 is 5.82 Å². The van der Waals surface area contributed by atoms with Crippen LogP contribution in [0, 0.1) is 0 Å². The predicted octanol–water partition coefficient (Wildman–Crippen LogP) is 2.31. The fourth-order valence-electron chi connectivity index (χ4n) is 2.56. The lowest BCUT2D eigenvalue weighted by Crippen LogP contribution is -2.40. The Balaban J connectivity index is 2.24. The first-order chi connectivity index (χ1) is 8.72. The van der Waals surface area contributed by atoms with Crippen LogP contribution in [0.1, 0.15) is 51.1 Å². The number of hydrogen-bond donors (Lipinski definition) is 1. The van der Waals surface area contributed by atoms with Crippen molar-refractivity contribution in [1.82, 2.24) is 9.97 Å². The Morgan fingerprint density at radius 3 is 2.89 bits per heavy atom. The van der Waals surface area contributed by atoms with Crippen LogP contribution < -0.4 is 10.6 Å². The predicted molar refractivity (Wildman–Crippen MR) is 74.8 cm³/mol. The van der Waals surface area contributed by atoms with Gasteiger partial charge >= 0.3 is 0 Å². The lowest BCUT2D eigenvalue weighted by Gasteiger charge is -2.30. The van der Waals surface area contributed by atoms with E-state index >= 15 is 0 Å². The third kappa shape index (κ3) is 2.99. The first kappa shape index (κ1) is 13.3. The largest absolute Gasteiger partial charge is 0.352 e. The minimum Gasteiger partial charge on any atom is -0.352 e. The molecule has 2 heterocycles. The monoisotopic (exact) mass is 248 g/mol. The standard InChI is InChI=1S/C14H24N4/c1-11(2)13-8-14(17-10-16-13)18-7-5-3-4-6-12(18)9-15/h8,10-12H,3-7,9,15H2,1-2H3. The molecule has 0 spiro atoms. The SMILES string of the molecule is CC(C)c1cc(N2CCCCCC2CN)ncn1. The van der Waals surface area contributed by atoms with Crippen LogP contribution in [0.5, 0.6) is 0 Å². The molecule has 2 N–H and O–H groups in total. The Morgan fingerprint density at radius 1 is 1.33 bits per heavy atom. The molecule has 0 bridgehead atoms. The van der Waals surface area contributed by atoms with Gasteiger partial charge in [0.15, 0.2) is 0 Å². The van der Waals surface area contributed by atoms with Gasteiger partial charge in [-0.15, -0.1) is 0 Å². The van der Waals surface area contributed by atoms with Gasteiger partial charge in [-0.05, 0) is 18.8 Å². The van der Waals surface area contributed by atoms with Crippen LogP contribution in [0.2, 0.25) is 0 Å². The van der Waals surface area contributed by atoms with E-state index in [1.807, 2.05) is 0 Å². The number of rotatable bonds is 3. The summed E-state index contributed by atoms with van der Waals surface area (Å²) in [7, 11) is 0. The maximum atomic E-state index is 5.91. The van der Waals surface area contributed by atoms with Gasteiger partial charge in [0.2, 0.25) is 0 Å². The van der Waals surface area contributed by atoms with E-state index in [0.717, 1.165) is 18.1 Å². The van der Waals surface area contributed by atoms with Crippen molar-refractivity contribution < 1.29 is 0 Å². The van der Waals surface area contributed by atoms with Gasteiger partial charge in [-0.3, -0.25) is 0 Å². The van der Waals surface area contributed by atoms with Crippen LogP contribution in [-0.2, 0) is 0 Å². The molecule has 4 heteroatoms. The van der Waals surface area contributed by atoms with Gasteiger partial charge < -0.3 is 10.6 Å². The van der Waals surface area contributed by atoms with Gasteiger partial charge in [0.25, 0.3) is 0 Å². The second kappa shape index (κ2) is 6.14. The van der Waals surface area contributed by atoms with Crippen LogP contribution in [0.25, 0.3) is 0 Å². The quantitative estimate of drug-likeness (QED) is 0.892. The molecule has 1 aromatic heterocycles. The molecule has 100 valence electrons. The number of nitrogens with two attached hydrogens (primary N) is 1. The van der Waals surface area contributed by atoms with E-state index in [0.29, 0.717) is 18.5 Å². The van der Waals surface area contributed by atoms with Crippen molar-refractivity contribution in [3.63, 3.8) is 0 Å². The second-order valence-electron chi connectivity index (χ2n) is 5.39. The summed E-state index contributed by atoms with van der Waals surface area (Å²) in [6.45, 7) is 6.10. The molecule has 0 aliphatic carbocycles. The molecule has 1 aromatic rings. The topological polar surface area (TPSA) is 55.0 Å². The van der Waals surface area contributed by atoms with E-state index in [2.05, 4.69) is 34.8 Å². The fourth-order valence-corrected chi connectivity index (χ4v) is 2.56. The lowest BCUT2D eigenvalue weighted by atomic mass is 10.1. The summed E-state index contributed by atoms with van der Waals surface area (Å²) in [5.74, 6) is 1.49. The van der Waals surface area contributed by atoms with Gasteiger partial charge in [0, 0.05) is 30.9 Å². The highest BCUT2D eigenvalue weighted by atomic mass is 15.2.